The molecule has 4 N–H and O–H groups in total. The fraction of sp³-hybridized carbons (Fsp3) is 0.182. The highest BCUT2D eigenvalue weighted by Crippen LogP contribution is 2.12. The van der Waals surface area contributed by atoms with Crippen LogP contribution in [0.25, 0.3) is 0 Å². The molecule has 1 amide bonds. The highest BCUT2D eigenvalue weighted by atomic mass is 35.5. The van der Waals surface area contributed by atoms with E-state index < -0.39 is 10.0 Å². The van der Waals surface area contributed by atoms with E-state index >= 15 is 0 Å². The van der Waals surface area contributed by atoms with Crippen LogP contribution >= 0.6 is 24.2 Å². The molecule has 11 heteroatoms. The molecule has 2 rings (SSSR count). The van der Waals surface area contributed by atoms with E-state index in [-0.39, 0.29) is 29.0 Å². The third-order valence-corrected chi connectivity index (χ3v) is 4.31. The van der Waals surface area contributed by atoms with Gasteiger partial charge in [0.2, 0.25) is 15.9 Å². The largest absolute Gasteiger partial charge is 0.351 e. The number of nitrogens with two attached hydrogens (primary N) is 1. The normalized spacial score (nSPS) is 10.8. The van der Waals surface area contributed by atoms with Gasteiger partial charge in [0, 0.05) is 6.54 Å². The Labute approximate surface area is 137 Å². The van der Waals surface area contributed by atoms with Crippen LogP contribution in [0.3, 0.4) is 0 Å². The van der Waals surface area contributed by atoms with E-state index in [2.05, 4.69) is 20.7 Å². The number of carbonyl (C=O) groups is 1. The Hall–Kier alpha value is -1.62. The van der Waals surface area contributed by atoms with Crippen molar-refractivity contribution in [2.24, 2.45) is 5.14 Å². The first-order chi connectivity index (χ1) is 9.95. The van der Waals surface area contributed by atoms with E-state index in [1.807, 2.05) is 0 Å². The van der Waals surface area contributed by atoms with Crippen molar-refractivity contribution in [3.63, 3.8) is 0 Å². The lowest BCUT2D eigenvalue weighted by molar-refractivity contribution is -0.118. The molecule has 1 aromatic heterocycles. The average molecular weight is 364 g/mol. The van der Waals surface area contributed by atoms with Crippen molar-refractivity contribution in [2.75, 3.05) is 5.75 Å². The van der Waals surface area contributed by atoms with Gasteiger partial charge in [0.15, 0.2) is 0 Å². The van der Waals surface area contributed by atoms with Crippen molar-refractivity contribution in [1.82, 2.24) is 20.7 Å². The number of amides is 1. The van der Waals surface area contributed by atoms with Gasteiger partial charge in [-0.05, 0) is 17.7 Å². The van der Waals surface area contributed by atoms with Gasteiger partial charge < -0.3 is 5.32 Å². The standard InChI is InChI=1S/C11H13N5O3S2.ClH/c12-21(18,19)9-3-1-8(2-4-9)5-13-10(17)7-20-11-6-14-16-15-11;/h1-4,6H,5,7H2,(H,13,17)(H2,12,18,19)(H,14,15,16);1H. The number of sulfonamides is 1. The lowest BCUT2D eigenvalue weighted by Crippen LogP contribution is -2.24. The molecule has 0 atom stereocenters. The molecule has 0 aliphatic rings. The number of thioether (sulfide) groups is 1. The first kappa shape index (κ1) is 18.4. The summed E-state index contributed by atoms with van der Waals surface area (Å²) >= 11 is 1.26. The Kier molecular flexibility index (Phi) is 6.81. The summed E-state index contributed by atoms with van der Waals surface area (Å²) < 4.78 is 22.2. The van der Waals surface area contributed by atoms with Crippen LogP contribution in [0.5, 0.6) is 0 Å². The molecule has 0 radical (unpaired) electrons. The first-order valence-corrected chi connectivity index (χ1v) is 8.35. The number of aromatic amines is 1. The smallest absolute Gasteiger partial charge is 0.238 e. The maximum Gasteiger partial charge on any atom is 0.238 e. The number of H-pyrrole nitrogens is 1. The number of aromatic nitrogens is 3. The van der Waals surface area contributed by atoms with Crippen LogP contribution in [0.1, 0.15) is 5.56 Å². The highest BCUT2D eigenvalue weighted by molar-refractivity contribution is 7.99. The molecule has 0 unspecified atom stereocenters. The van der Waals surface area contributed by atoms with Crippen LogP contribution < -0.4 is 10.5 Å². The molecule has 0 saturated carbocycles. The second-order valence-electron chi connectivity index (χ2n) is 4.06. The number of benzene rings is 1. The predicted molar refractivity (Wildman–Crippen MR) is 84.0 cm³/mol. The zero-order chi connectivity index (χ0) is 15.3. The minimum atomic E-state index is -3.69. The molecule has 22 heavy (non-hydrogen) atoms. The van der Waals surface area contributed by atoms with Crippen LogP contribution in [-0.4, -0.2) is 35.5 Å². The summed E-state index contributed by atoms with van der Waals surface area (Å²) in [5.41, 5.74) is 0.780. The number of nitrogens with one attached hydrogen (secondary N) is 2. The molecular weight excluding hydrogens is 350 g/mol. The maximum atomic E-state index is 11.6. The first-order valence-electron chi connectivity index (χ1n) is 5.82. The van der Waals surface area contributed by atoms with Crippen molar-refractivity contribution in [1.29, 1.82) is 0 Å². The third-order valence-electron chi connectivity index (χ3n) is 2.49. The zero-order valence-electron chi connectivity index (χ0n) is 11.2. The van der Waals surface area contributed by atoms with Crippen molar-refractivity contribution >= 4 is 40.1 Å². The average Bonchev–Trinajstić information content (AvgIpc) is 2.95. The number of halogens is 1. The Bertz CT molecular complexity index is 704. The molecule has 0 aliphatic heterocycles. The van der Waals surface area contributed by atoms with Crippen LogP contribution in [0.4, 0.5) is 0 Å². The number of carbonyl (C=O) groups excluding carboxylic acids is 1. The van der Waals surface area contributed by atoms with E-state index in [0.29, 0.717) is 11.6 Å². The van der Waals surface area contributed by atoms with Gasteiger partial charge in [0.1, 0.15) is 5.03 Å². The van der Waals surface area contributed by atoms with Crippen LogP contribution in [0.15, 0.2) is 40.4 Å². The van der Waals surface area contributed by atoms with E-state index in [1.165, 1.54) is 30.1 Å². The highest BCUT2D eigenvalue weighted by Gasteiger charge is 2.08. The van der Waals surface area contributed by atoms with Crippen LogP contribution in [-0.2, 0) is 21.4 Å². The number of hydrogen-bond donors (Lipinski definition) is 3. The van der Waals surface area contributed by atoms with Gasteiger partial charge in [-0.15, -0.1) is 17.5 Å². The van der Waals surface area contributed by atoms with E-state index in [4.69, 9.17) is 5.14 Å². The fourth-order valence-corrected chi connectivity index (χ4v) is 2.58. The monoisotopic (exact) mass is 363 g/mol. The van der Waals surface area contributed by atoms with Crippen molar-refractivity contribution in [3.8, 4) is 0 Å². The summed E-state index contributed by atoms with van der Waals surface area (Å²) in [6.45, 7) is 0.309. The Morgan fingerprint density at radius 3 is 2.55 bits per heavy atom. The second-order valence-corrected chi connectivity index (χ2v) is 6.62. The zero-order valence-corrected chi connectivity index (χ0v) is 13.7. The quantitative estimate of drug-likeness (QED) is 0.632. The number of nitrogens with zero attached hydrogens (tertiary/aromatic N) is 2. The number of primary sulfonamides is 1. The molecule has 120 valence electrons. The van der Waals surface area contributed by atoms with Gasteiger partial charge in [-0.1, -0.05) is 23.9 Å². The minimum Gasteiger partial charge on any atom is -0.351 e. The summed E-state index contributed by atoms with van der Waals surface area (Å²) in [5, 5.41) is 18.3. The molecule has 0 spiro atoms. The molecule has 1 aromatic carbocycles. The fourth-order valence-electron chi connectivity index (χ4n) is 1.45. The minimum absolute atomic E-state index is 0. The predicted octanol–water partition coefficient (Wildman–Crippen LogP) is 0.282. The van der Waals surface area contributed by atoms with Gasteiger partial charge in [-0.25, -0.2) is 13.6 Å². The van der Waals surface area contributed by atoms with Gasteiger partial charge in [0.25, 0.3) is 0 Å². The number of rotatable bonds is 6. The van der Waals surface area contributed by atoms with Gasteiger partial charge in [0.05, 0.1) is 16.8 Å². The molecule has 0 aliphatic carbocycles. The summed E-state index contributed by atoms with van der Waals surface area (Å²) in [4.78, 5) is 11.7. The molecule has 1 heterocycles. The second kappa shape index (κ2) is 8.13. The Morgan fingerprint density at radius 1 is 1.32 bits per heavy atom. The van der Waals surface area contributed by atoms with Crippen LogP contribution in [0.2, 0.25) is 0 Å². The van der Waals surface area contributed by atoms with E-state index in [1.54, 1.807) is 12.1 Å². The van der Waals surface area contributed by atoms with Gasteiger partial charge in [-0.2, -0.15) is 10.3 Å². The number of hydrogen-bond acceptors (Lipinski definition) is 6. The van der Waals surface area contributed by atoms with Crippen molar-refractivity contribution in [2.45, 2.75) is 16.5 Å². The van der Waals surface area contributed by atoms with Gasteiger partial charge in [-0.3, -0.25) is 4.79 Å². The van der Waals surface area contributed by atoms with E-state index in [9.17, 15) is 13.2 Å². The summed E-state index contributed by atoms with van der Waals surface area (Å²) in [6.07, 6.45) is 1.53. The Balaban J connectivity index is 0.00000242. The van der Waals surface area contributed by atoms with Crippen LogP contribution in [0, 0.1) is 0 Å². The SMILES string of the molecule is Cl.NS(=O)(=O)c1ccc(CNC(=O)CSc2cn[nH]n2)cc1. The molecule has 0 saturated heterocycles. The molecule has 8 nitrogen and oxygen atoms in total. The molecule has 0 bridgehead atoms. The van der Waals surface area contributed by atoms with Crippen molar-refractivity contribution in [3.05, 3.63) is 36.0 Å². The Morgan fingerprint density at radius 2 is 2.00 bits per heavy atom. The lowest BCUT2D eigenvalue weighted by Gasteiger charge is -2.05. The summed E-state index contributed by atoms with van der Waals surface area (Å²) in [5.74, 6) is 0.0699. The van der Waals surface area contributed by atoms with Gasteiger partial charge >= 0.3 is 0 Å². The molecular formula is C11H14ClN5O3S2. The van der Waals surface area contributed by atoms with Crippen molar-refractivity contribution < 1.29 is 13.2 Å². The lowest BCUT2D eigenvalue weighted by atomic mass is 10.2. The molecule has 0 fully saturated rings. The maximum absolute atomic E-state index is 11.6. The van der Waals surface area contributed by atoms with E-state index in [0.717, 1.165) is 5.56 Å². The summed E-state index contributed by atoms with van der Waals surface area (Å²) in [6, 6.07) is 6.01. The molecule has 2 aromatic rings. The topological polar surface area (TPSA) is 131 Å². The summed E-state index contributed by atoms with van der Waals surface area (Å²) in [7, 11) is -3.69. The third kappa shape index (κ3) is 5.64.